The second-order valence-corrected chi connectivity index (χ2v) is 11.2. The van der Waals surface area contributed by atoms with E-state index in [1.54, 1.807) is 21.3 Å². The van der Waals surface area contributed by atoms with E-state index in [1.807, 2.05) is 0 Å². The minimum absolute atomic E-state index is 0.476. The monoisotopic (exact) mass is 542 g/mol. The molecular formula is C36H51BO3. The van der Waals surface area contributed by atoms with Gasteiger partial charge in [-0.05, 0) is 54.9 Å². The molecule has 3 rings (SSSR count). The topological polar surface area (TPSA) is 27.7 Å². The average Bonchev–Trinajstić information content (AvgIpc) is 3.00. The molecule has 0 aliphatic rings. The highest BCUT2D eigenvalue weighted by molar-refractivity contribution is 6.59. The second-order valence-electron chi connectivity index (χ2n) is 11.2. The Balaban J connectivity index is 1.73. The molecule has 1 atom stereocenters. The van der Waals surface area contributed by atoms with Crippen LogP contribution in [-0.2, 0) is 12.6 Å². The number of rotatable bonds is 20. The van der Waals surface area contributed by atoms with Crippen LogP contribution >= 0.6 is 0 Å². The summed E-state index contributed by atoms with van der Waals surface area (Å²) in [6.45, 7) is 2.77. The van der Waals surface area contributed by atoms with E-state index in [0.717, 1.165) is 29.9 Å². The van der Waals surface area contributed by atoms with E-state index in [2.05, 4.69) is 79.7 Å². The van der Waals surface area contributed by atoms with Crippen molar-refractivity contribution >= 4 is 6.71 Å². The lowest BCUT2D eigenvalue weighted by atomic mass is 9.34. The van der Waals surface area contributed by atoms with Crippen LogP contribution in [0.4, 0.5) is 0 Å². The summed E-state index contributed by atoms with van der Waals surface area (Å²) in [6.07, 6.45) is 16.9. The maximum absolute atomic E-state index is 5.49. The van der Waals surface area contributed by atoms with Crippen molar-refractivity contribution in [3.8, 4) is 17.2 Å². The maximum Gasteiger partial charge on any atom is 0.157 e. The summed E-state index contributed by atoms with van der Waals surface area (Å²) >= 11 is 0. The van der Waals surface area contributed by atoms with Gasteiger partial charge in [0.2, 0.25) is 0 Å². The fourth-order valence-corrected chi connectivity index (χ4v) is 5.86. The summed E-state index contributed by atoms with van der Waals surface area (Å²) in [5.41, 5.74) is 4.14. The van der Waals surface area contributed by atoms with Gasteiger partial charge in [-0.2, -0.15) is 0 Å². The first-order chi connectivity index (χ1) is 19.7. The van der Waals surface area contributed by atoms with E-state index in [0.29, 0.717) is 12.5 Å². The van der Waals surface area contributed by atoms with Gasteiger partial charge in [0.25, 0.3) is 0 Å². The standard InChI is InChI=1S/C36H51BO3/c1-5-6-7-8-9-10-11-12-13-14-15-36(32-20-26-35(40-4)27-21-32)37(28-30-16-22-33(38-2)23-17-30)29-31-18-24-34(39-3)25-19-31/h16-27,36H,5-15,28-29H2,1-4H3. The van der Waals surface area contributed by atoms with Gasteiger partial charge in [0.1, 0.15) is 17.2 Å². The Bertz CT molecular complexity index is 997. The first-order valence-electron chi connectivity index (χ1n) is 15.6. The molecule has 0 spiro atoms. The summed E-state index contributed by atoms with van der Waals surface area (Å²) in [5.74, 6) is 3.22. The Morgan fingerprint density at radius 3 is 1.27 bits per heavy atom. The highest BCUT2D eigenvalue weighted by Gasteiger charge is 2.27. The predicted octanol–water partition coefficient (Wildman–Crippen LogP) is 9.70. The summed E-state index contributed by atoms with van der Waals surface area (Å²) < 4.78 is 16.3. The van der Waals surface area contributed by atoms with Crippen LogP contribution in [0.5, 0.6) is 17.2 Å². The molecule has 0 amide bonds. The molecule has 1 unspecified atom stereocenters. The Morgan fingerprint density at radius 1 is 0.500 bits per heavy atom. The third-order valence-corrected chi connectivity index (χ3v) is 8.30. The van der Waals surface area contributed by atoms with Crippen LogP contribution in [0.3, 0.4) is 0 Å². The van der Waals surface area contributed by atoms with Crippen LogP contribution < -0.4 is 14.2 Å². The second kappa shape index (κ2) is 18.5. The first kappa shape index (κ1) is 31.6. The van der Waals surface area contributed by atoms with E-state index in [4.69, 9.17) is 14.2 Å². The van der Waals surface area contributed by atoms with Crippen LogP contribution in [0.1, 0.15) is 100 Å². The van der Waals surface area contributed by atoms with Crippen molar-refractivity contribution in [3.63, 3.8) is 0 Å². The van der Waals surface area contributed by atoms with Crippen LogP contribution in [0.2, 0.25) is 0 Å². The van der Waals surface area contributed by atoms with Crippen molar-refractivity contribution < 1.29 is 14.2 Å². The van der Waals surface area contributed by atoms with Gasteiger partial charge >= 0.3 is 0 Å². The largest absolute Gasteiger partial charge is 0.497 e. The third-order valence-electron chi connectivity index (χ3n) is 8.30. The smallest absolute Gasteiger partial charge is 0.157 e. The van der Waals surface area contributed by atoms with Crippen LogP contribution in [0, 0.1) is 0 Å². The molecule has 0 bridgehead atoms. The van der Waals surface area contributed by atoms with Gasteiger partial charge in [0.05, 0.1) is 21.3 Å². The molecule has 40 heavy (non-hydrogen) atoms. The van der Waals surface area contributed by atoms with Crippen molar-refractivity contribution in [3.05, 3.63) is 89.5 Å². The lowest BCUT2D eigenvalue weighted by Crippen LogP contribution is -2.30. The quantitative estimate of drug-likeness (QED) is 0.105. The van der Waals surface area contributed by atoms with E-state index in [-0.39, 0.29) is 0 Å². The fraction of sp³-hybridized carbons (Fsp3) is 0.500. The maximum atomic E-state index is 5.49. The zero-order valence-electron chi connectivity index (χ0n) is 25.5. The van der Waals surface area contributed by atoms with Gasteiger partial charge in [-0.3, -0.25) is 0 Å². The molecule has 0 N–H and O–H groups in total. The number of ether oxygens (including phenoxy) is 3. The molecule has 3 nitrogen and oxygen atoms in total. The van der Waals surface area contributed by atoms with Crippen LogP contribution in [0.15, 0.2) is 72.8 Å². The number of unbranched alkanes of at least 4 members (excludes halogenated alkanes) is 9. The van der Waals surface area contributed by atoms with Crippen LogP contribution in [0.25, 0.3) is 0 Å². The molecule has 0 aliphatic carbocycles. The zero-order valence-corrected chi connectivity index (χ0v) is 25.5. The van der Waals surface area contributed by atoms with Crippen molar-refractivity contribution in [1.29, 1.82) is 0 Å². The summed E-state index contributed by atoms with van der Waals surface area (Å²) in [6, 6.07) is 26.1. The summed E-state index contributed by atoms with van der Waals surface area (Å²) in [7, 11) is 5.20. The molecule has 0 aromatic heterocycles. The van der Waals surface area contributed by atoms with Gasteiger partial charge in [0.15, 0.2) is 6.71 Å². The molecule has 216 valence electrons. The van der Waals surface area contributed by atoms with Crippen molar-refractivity contribution in [2.45, 2.75) is 96.0 Å². The summed E-state index contributed by atoms with van der Waals surface area (Å²) in [4.78, 5) is 0. The van der Waals surface area contributed by atoms with Crippen LogP contribution in [-0.4, -0.2) is 28.0 Å². The highest BCUT2D eigenvalue weighted by atomic mass is 16.5. The molecule has 0 saturated carbocycles. The molecule has 0 saturated heterocycles. The zero-order chi connectivity index (χ0) is 28.4. The first-order valence-corrected chi connectivity index (χ1v) is 15.6. The molecule has 3 aromatic carbocycles. The normalized spacial score (nSPS) is 11.7. The fourth-order valence-electron chi connectivity index (χ4n) is 5.86. The molecule has 3 aromatic rings. The minimum atomic E-state index is 0.476. The Morgan fingerprint density at radius 2 is 0.875 bits per heavy atom. The van der Waals surface area contributed by atoms with Gasteiger partial charge in [-0.25, -0.2) is 0 Å². The number of benzene rings is 3. The highest BCUT2D eigenvalue weighted by Crippen LogP contribution is 2.31. The lowest BCUT2D eigenvalue weighted by Gasteiger charge is -2.26. The molecule has 0 radical (unpaired) electrons. The van der Waals surface area contributed by atoms with Crippen molar-refractivity contribution in [1.82, 2.24) is 0 Å². The lowest BCUT2D eigenvalue weighted by molar-refractivity contribution is 0.414. The SMILES string of the molecule is CCCCCCCCCCCCC(B(Cc1ccc(OC)cc1)Cc1ccc(OC)cc1)c1ccc(OC)cc1. The van der Waals surface area contributed by atoms with Gasteiger partial charge in [-0.1, -0.05) is 131 Å². The average molecular weight is 543 g/mol. The van der Waals surface area contributed by atoms with Gasteiger partial charge in [-0.15, -0.1) is 0 Å². The number of methoxy groups -OCH3 is 3. The molecule has 0 heterocycles. The van der Waals surface area contributed by atoms with E-state index in [9.17, 15) is 0 Å². The van der Waals surface area contributed by atoms with Crippen molar-refractivity contribution in [2.24, 2.45) is 0 Å². The van der Waals surface area contributed by atoms with Gasteiger partial charge in [0, 0.05) is 0 Å². The van der Waals surface area contributed by atoms with E-state index < -0.39 is 0 Å². The minimum Gasteiger partial charge on any atom is -0.497 e. The molecule has 0 fully saturated rings. The number of hydrogen-bond acceptors (Lipinski definition) is 3. The van der Waals surface area contributed by atoms with Gasteiger partial charge < -0.3 is 14.2 Å². The third kappa shape index (κ3) is 10.9. The summed E-state index contributed by atoms with van der Waals surface area (Å²) in [5, 5.41) is 0. The van der Waals surface area contributed by atoms with Crippen molar-refractivity contribution in [2.75, 3.05) is 21.3 Å². The Hall–Kier alpha value is -2.88. The van der Waals surface area contributed by atoms with E-state index >= 15 is 0 Å². The molecule has 4 heteroatoms. The van der Waals surface area contributed by atoms with E-state index in [1.165, 1.54) is 87.3 Å². The Kier molecular flexibility index (Phi) is 14.6. The molecule has 0 aliphatic heterocycles. The predicted molar refractivity (Wildman–Crippen MR) is 171 cm³/mol. The number of hydrogen-bond donors (Lipinski definition) is 0. The molecular weight excluding hydrogens is 491 g/mol. The Labute approximate surface area is 244 Å².